The van der Waals surface area contributed by atoms with Crippen LogP contribution in [0.4, 0.5) is 0 Å². The molecule has 0 spiro atoms. The number of hydrogen-bond donors (Lipinski definition) is 0. The maximum absolute atomic E-state index is 12.8. The Hall–Kier alpha value is -2.10. The van der Waals surface area contributed by atoms with Gasteiger partial charge in [-0.15, -0.1) is 0 Å². The number of likely N-dealkylation sites (tertiary alicyclic amines) is 1. The monoisotopic (exact) mass is 311 g/mol. The van der Waals surface area contributed by atoms with Gasteiger partial charge < -0.3 is 4.90 Å². The molecule has 1 aromatic carbocycles. The molecule has 2 heterocycles. The summed E-state index contributed by atoms with van der Waals surface area (Å²) in [6, 6.07) is 10.8. The van der Waals surface area contributed by atoms with E-state index < -0.39 is 0 Å². The van der Waals surface area contributed by atoms with E-state index in [1.54, 1.807) is 0 Å². The van der Waals surface area contributed by atoms with Crippen LogP contribution in [0.2, 0.25) is 0 Å². The number of aryl methyl sites for hydroxylation is 2. The third-order valence-electron chi connectivity index (χ3n) is 5.00. The zero-order valence-corrected chi connectivity index (χ0v) is 14.2. The number of nitrogens with zero attached hydrogens (tertiary/aromatic N) is 3. The molecular weight excluding hydrogens is 286 g/mol. The van der Waals surface area contributed by atoms with Gasteiger partial charge in [-0.05, 0) is 38.7 Å². The van der Waals surface area contributed by atoms with Crippen molar-refractivity contribution in [2.24, 2.45) is 7.05 Å². The van der Waals surface area contributed by atoms with Crippen LogP contribution in [-0.4, -0.2) is 33.2 Å². The summed E-state index contributed by atoms with van der Waals surface area (Å²) >= 11 is 0. The van der Waals surface area contributed by atoms with E-state index in [1.807, 2.05) is 31.6 Å². The molecular formula is C19H25N3O. The molecule has 1 amide bonds. The number of rotatable bonds is 4. The van der Waals surface area contributed by atoms with Gasteiger partial charge in [-0.2, -0.15) is 5.10 Å². The summed E-state index contributed by atoms with van der Waals surface area (Å²) in [6.45, 7) is 4.91. The van der Waals surface area contributed by atoms with Gasteiger partial charge >= 0.3 is 0 Å². The number of hydrogen-bond acceptors (Lipinski definition) is 2. The van der Waals surface area contributed by atoms with Gasteiger partial charge in [0.25, 0.3) is 0 Å². The Morgan fingerprint density at radius 2 is 2.00 bits per heavy atom. The van der Waals surface area contributed by atoms with E-state index in [-0.39, 0.29) is 5.91 Å². The summed E-state index contributed by atoms with van der Waals surface area (Å²) in [4.78, 5) is 14.9. The van der Waals surface area contributed by atoms with Crippen molar-refractivity contribution in [3.63, 3.8) is 0 Å². The van der Waals surface area contributed by atoms with Gasteiger partial charge in [-0.1, -0.05) is 30.3 Å². The fourth-order valence-electron chi connectivity index (χ4n) is 3.59. The maximum Gasteiger partial charge on any atom is 0.227 e. The predicted octanol–water partition coefficient (Wildman–Crippen LogP) is 2.81. The zero-order chi connectivity index (χ0) is 16.4. The van der Waals surface area contributed by atoms with Crippen LogP contribution in [-0.2, 0) is 24.7 Å². The van der Waals surface area contributed by atoms with Crippen LogP contribution in [0.3, 0.4) is 0 Å². The molecule has 2 aromatic rings. The topological polar surface area (TPSA) is 38.1 Å². The Morgan fingerprint density at radius 3 is 2.65 bits per heavy atom. The molecule has 3 rings (SSSR count). The van der Waals surface area contributed by atoms with Crippen molar-refractivity contribution >= 4 is 5.91 Å². The minimum absolute atomic E-state index is 0.239. The molecule has 1 unspecified atom stereocenters. The first-order valence-corrected chi connectivity index (χ1v) is 8.38. The normalized spacial score (nSPS) is 17.7. The second-order valence-corrected chi connectivity index (χ2v) is 6.52. The lowest BCUT2D eigenvalue weighted by molar-refractivity contribution is -0.131. The molecule has 0 saturated carbocycles. The van der Waals surface area contributed by atoms with Crippen LogP contribution in [0.5, 0.6) is 0 Å². The van der Waals surface area contributed by atoms with Gasteiger partial charge in [-0.25, -0.2) is 0 Å². The van der Waals surface area contributed by atoms with Gasteiger partial charge in [0.15, 0.2) is 0 Å². The van der Waals surface area contributed by atoms with Gasteiger partial charge in [0.1, 0.15) is 0 Å². The van der Waals surface area contributed by atoms with Crippen molar-refractivity contribution in [1.29, 1.82) is 0 Å². The average Bonchev–Trinajstić information content (AvgIpc) is 3.09. The lowest BCUT2D eigenvalue weighted by Crippen LogP contribution is -2.38. The summed E-state index contributed by atoms with van der Waals surface area (Å²) in [6.07, 6.45) is 3.63. The number of carbonyl (C=O) groups is 1. The van der Waals surface area contributed by atoms with Gasteiger partial charge in [0.05, 0.1) is 12.1 Å². The number of carbonyl (C=O) groups excluding carboxylic acids is 1. The maximum atomic E-state index is 12.8. The molecule has 0 N–H and O–H groups in total. The molecule has 1 atom stereocenters. The van der Waals surface area contributed by atoms with Crippen LogP contribution >= 0.6 is 0 Å². The molecule has 23 heavy (non-hydrogen) atoms. The fraction of sp³-hybridized carbons (Fsp3) is 0.474. The van der Waals surface area contributed by atoms with Crippen LogP contribution in [0.15, 0.2) is 30.3 Å². The average molecular weight is 311 g/mol. The van der Waals surface area contributed by atoms with Crippen molar-refractivity contribution in [2.45, 2.75) is 45.6 Å². The SMILES string of the molecule is Cc1nn(C)c(C)c1CC(=O)N1CCCC1Cc1ccccc1. The zero-order valence-electron chi connectivity index (χ0n) is 14.2. The van der Waals surface area contributed by atoms with E-state index in [4.69, 9.17) is 0 Å². The van der Waals surface area contributed by atoms with E-state index in [0.29, 0.717) is 12.5 Å². The Bertz CT molecular complexity index is 690. The van der Waals surface area contributed by atoms with E-state index in [9.17, 15) is 4.79 Å². The highest BCUT2D eigenvalue weighted by Gasteiger charge is 2.29. The van der Waals surface area contributed by atoms with Gasteiger partial charge in [-0.3, -0.25) is 9.48 Å². The summed E-state index contributed by atoms with van der Waals surface area (Å²) in [5.41, 5.74) is 4.46. The third-order valence-corrected chi connectivity index (χ3v) is 5.00. The molecule has 4 nitrogen and oxygen atoms in total. The first-order valence-electron chi connectivity index (χ1n) is 8.38. The predicted molar refractivity (Wildman–Crippen MR) is 91.3 cm³/mol. The van der Waals surface area contributed by atoms with Crippen molar-refractivity contribution in [1.82, 2.24) is 14.7 Å². The highest BCUT2D eigenvalue weighted by Crippen LogP contribution is 2.23. The molecule has 1 aliphatic rings. The Labute approximate surface area is 138 Å². The summed E-state index contributed by atoms with van der Waals surface area (Å²) < 4.78 is 1.86. The van der Waals surface area contributed by atoms with Crippen LogP contribution in [0.1, 0.15) is 35.4 Å². The first-order chi connectivity index (χ1) is 11.1. The van der Waals surface area contributed by atoms with E-state index >= 15 is 0 Å². The Kier molecular flexibility index (Phi) is 4.51. The second kappa shape index (κ2) is 6.57. The second-order valence-electron chi connectivity index (χ2n) is 6.52. The van der Waals surface area contributed by atoms with E-state index in [1.165, 1.54) is 5.56 Å². The quantitative estimate of drug-likeness (QED) is 0.871. The van der Waals surface area contributed by atoms with E-state index in [2.05, 4.69) is 34.3 Å². The molecule has 1 saturated heterocycles. The lowest BCUT2D eigenvalue weighted by atomic mass is 10.0. The molecule has 1 aromatic heterocycles. The van der Waals surface area contributed by atoms with Crippen LogP contribution in [0.25, 0.3) is 0 Å². The minimum atomic E-state index is 0.239. The minimum Gasteiger partial charge on any atom is -0.339 e. The number of amides is 1. The lowest BCUT2D eigenvalue weighted by Gasteiger charge is -2.25. The van der Waals surface area contributed by atoms with Crippen molar-refractivity contribution in [3.8, 4) is 0 Å². The Balaban J connectivity index is 1.71. The van der Waals surface area contributed by atoms with Gasteiger partial charge in [0.2, 0.25) is 5.91 Å². The smallest absolute Gasteiger partial charge is 0.227 e. The van der Waals surface area contributed by atoms with E-state index in [0.717, 1.165) is 42.8 Å². The standard InChI is InChI=1S/C19H25N3O/c1-14-18(15(2)21(3)20-14)13-19(23)22-11-7-10-17(22)12-16-8-5-4-6-9-16/h4-6,8-9,17H,7,10-13H2,1-3H3. The van der Waals surface area contributed by atoms with Crippen molar-refractivity contribution < 1.29 is 4.79 Å². The molecule has 0 bridgehead atoms. The molecule has 1 aliphatic heterocycles. The number of benzene rings is 1. The molecule has 4 heteroatoms. The first kappa shape index (κ1) is 15.8. The van der Waals surface area contributed by atoms with Crippen LogP contribution < -0.4 is 0 Å². The number of aromatic nitrogens is 2. The molecule has 122 valence electrons. The largest absolute Gasteiger partial charge is 0.339 e. The highest BCUT2D eigenvalue weighted by atomic mass is 16.2. The van der Waals surface area contributed by atoms with Crippen LogP contribution in [0, 0.1) is 13.8 Å². The highest BCUT2D eigenvalue weighted by molar-refractivity contribution is 5.80. The van der Waals surface area contributed by atoms with Crippen molar-refractivity contribution in [3.05, 3.63) is 52.8 Å². The van der Waals surface area contributed by atoms with Gasteiger partial charge in [0, 0.05) is 30.9 Å². The molecule has 0 radical (unpaired) electrons. The fourth-order valence-corrected chi connectivity index (χ4v) is 3.59. The Morgan fingerprint density at radius 1 is 1.26 bits per heavy atom. The molecule has 1 fully saturated rings. The third kappa shape index (κ3) is 3.31. The molecule has 0 aliphatic carbocycles. The summed E-state index contributed by atoms with van der Waals surface area (Å²) in [5, 5.41) is 4.42. The summed E-state index contributed by atoms with van der Waals surface area (Å²) in [5.74, 6) is 0.239. The summed E-state index contributed by atoms with van der Waals surface area (Å²) in [7, 11) is 1.93. The van der Waals surface area contributed by atoms with Crippen molar-refractivity contribution in [2.75, 3.05) is 6.54 Å².